The Labute approximate surface area is 205 Å². The highest BCUT2D eigenvalue weighted by Crippen LogP contribution is 2.57. The first-order valence-electron chi connectivity index (χ1n) is 12.6. The molecule has 2 atom stereocenters. The highest BCUT2D eigenvalue weighted by Gasteiger charge is 2.61. The van der Waals surface area contributed by atoms with Crippen molar-refractivity contribution in [3.8, 4) is 0 Å². The lowest BCUT2D eigenvalue weighted by atomic mass is 9.92. The Morgan fingerprint density at radius 1 is 1.14 bits per heavy atom. The second-order valence-electron chi connectivity index (χ2n) is 10.5. The van der Waals surface area contributed by atoms with Crippen LogP contribution in [0.4, 0.5) is 17.5 Å². The highest BCUT2D eigenvalue weighted by atomic mass is 32.2. The summed E-state index contributed by atoms with van der Waals surface area (Å²) in [6, 6.07) is 4.94. The molecule has 6 rings (SSSR count). The van der Waals surface area contributed by atoms with Gasteiger partial charge in [0.15, 0.2) is 0 Å². The van der Waals surface area contributed by atoms with Crippen molar-refractivity contribution in [3.63, 3.8) is 0 Å². The lowest BCUT2D eigenvalue weighted by Gasteiger charge is -2.33. The average molecular weight is 498 g/mol. The normalized spacial score (nSPS) is 25.4. The van der Waals surface area contributed by atoms with Crippen LogP contribution in [-0.4, -0.2) is 47.6 Å². The van der Waals surface area contributed by atoms with Crippen molar-refractivity contribution in [3.05, 3.63) is 35.5 Å². The van der Waals surface area contributed by atoms with Crippen molar-refractivity contribution in [2.75, 3.05) is 10.2 Å². The Balaban J connectivity index is 1.26. The first-order valence-corrected chi connectivity index (χ1v) is 14.0. The van der Waals surface area contributed by atoms with Crippen molar-refractivity contribution in [2.24, 2.45) is 0 Å². The van der Waals surface area contributed by atoms with Crippen LogP contribution in [0.3, 0.4) is 0 Å². The van der Waals surface area contributed by atoms with E-state index in [2.05, 4.69) is 15.0 Å². The van der Waals surface area contributed by atoms with Crippen molar-refractivity contribution in [1.29, 1.82) is 0 Å². The maximum atomic E-state index is 13.4. The lowest BCUT2D eigenvalue weighted by molar-refractivity contribution is -0.121. The fraction of sp³-hybridized carbons (Fsp3) is 0.560. The van der Waals surface area contributed by atoms with Gasteiger partial charge >= 0.3 is 0 Å². The number of hydrogen-bond acceptors (Lipinski definition) is 7. The molecular formula is C25H31N5O4S. The van der Waals surface area contributed by atoms with Crippen LogP contribution >= 0.6 is 0 Å². The fourth-order valence-electron chi connectivity index (χ4n) is 5.59. The molecule has 35 heavy (non-hydrogen) atoms. The predicted octanol–water partition coefficient (Wildman–Crippen LogP) is 3.04. The molecule has 1 aromatic carbocycles. The molecule has 9 nitrogen and oxygen atoms in total. The van der Waals surface area contributed by atoms with E-state index in [-0.39, 0.29) is 22.9 Å². The quantitative estimate of drug-likeness (QED) is 0.560. The largest absolute Gasteiger partial charge is 0.393 e. The minimum absolute atomic E-state index is 0.0311. The van der Waals surface area contributed by atoms with E-state index in [4.69, 9.17) is 4.98 Å². The average Bonchev–Trinajstić information content (AvgIpc) is 3.56. The number of aliphatic hydroxyl groups excluding tert-OH is 1. The molecule has 1 unspecified atom stereocenters. The van der Waals surface area contributed by atoms with Crippen molar-refractivity contribution >= 4 is 33.4 Å². The Kier molecular flexibility index (Phi) is 5.39. The summed E-state index contributed by atoms with van der Waals surface area (Å²) in [5.74, 6) is 1.09. The summed E-state index contributed by atoms with van der Waals surface area (Å²) >= 11 is 0. The molecule has 1 aromatic heterocycles. The van der Waals surface area contributed by atoms with E-state index >= 15 is 0 Å². The van der Waals surface area contributed by atoms with E-state index in [1.165, 1.54) is 0 Å². The van der Waals surface area contributed by atoms with E-state index in [9.17, 15) is 18.3 Å². The molecule has 1 aliphatic heterocycles. The summed E-state index contributed by atoms with van der Waals surface area (Å²) in [6.45, 7) is 1.84. The van der Waals surface area contributed by atoms with Crippen LogP contribution in [0.1, 0.15) is 68.9 Å². The molecule has 3 aliphatic carbocycles. The van der Waals surface area contributed by atoms with Crippen LogP contribution < -0.4 is 14.9 Å². The van der Waals surface area contributed by atoms with Gasteiger partial charge in [-0.2, -0.15) is 4.98 Å². The van der Waals surface area contributed by atoms with Crippen LogP contribution in [0, 0.1) is 6.92 Å². The maximum absolute atomic E-state index is 13.4. The van der Waals surface area contributed by atoms with Gasteiger partial charge in [0.05, 0.1) is 16.4 Å². The standard InChI is InChI=1S/C25H31N5O4S/c1-15-12-19(35(33,34)29-16-4-2-5-16)8-9-21(15)27-24-26-14-20-22(28-24)30(23(32)25(20)10-11-25)17-6-3-7-18(31)13-17/h8-9,12,14,16-18,29,31H,2-7,10-11,13H2,1H3,(H,26,27,28)/t17?,18-/m1/s1. The molecule has 3 fully saturated rings. The van der Waals surface area contributed by atoms with Crippen LogP contribution in [0.2, 0.25) is 0 Å². The van der Waals surface area contributed by atoms with Gasteiger partial charge in [-0.1, -0.05) is 6.42 Å². The van der Waals surface area contributed by atoms with Crippen LogP contribution in [0.25, 0.3) is 0 Å². The summed E-state index contributed by atoms with van der Waals surface area (Å²) in [5, 5.41) is 13.4. The smallest absolute Gasteiger partial charge is 0.240 e. The number of hydrogen-bond donors (Lipinski definition) is 3. The molecule has 4 aliphatic rings. The molecule has 1 spiro atoms. The number of fused-ring (bicyclic) bond motifs is 2. The number of benzene rings is 1. The van der Waals surface area contributed by atoms with Gasteiger partial charge in [0.1, 0.15) is 5.82 Å². The van der Waals surface area contributed by atoms with Gasteiger partial charge in [-0.3, -0.25) is 9.69 Å². The zero-order valence-electron chi connectivity index (χ0n) is 19.8. The molecule has 0 bridgehead atoms. The number of anilines is 3. The molecule has 10 heteroatoms. The monoisotopic (exact) mass is 497 g/mol. The van der Waals surface area contributed by atoms with E-state index < -0.39 is 21.5 Å². The van der Waals surface area contributed by atoms with Gasteiger partial charge in [0.25, 0.3) is 0 Å². The molecule has 186 valence electrons. The fourth-order valence-corrected chi connectivity index (χ4v) is 6.98. The Morgan fingerprint density at radius 3 is 2.57 bits per heavy atom. The van der Waals surface area contributed by atoms with Crippen LogP contribution in [-0.2, 0) is 20.2 Å². The van der Waals surface area contributed by atoms with Gasteiger partial charge in [0.2, 0.25) is 21.9 Å². The third-order valence-electron chi connectivity index (χ3n) is 8.06. The second kappa shape index (κ2) is 8.25. The zero-order chi connectivity index (χ0) is 24.4. The van der Waals surface area contributed by atoms with Gasteiger partial charge in [0, 0.05) is 29.5 Å². The zero-order valence-corrected chi connectivity index (χ0v) is 20.6. The number of rotatable bonds is 6. The van der Waals surface area contributed by atoms with E-state index in [1.807, 2.05) is 11.8 Å². The number of carbonyl (C=O) groups is 1. The number of nitrogens with one attached hydrogen (secondary N) is 2. The van der Waals surface area contributed by atoms with Gasteiger partial charge < -0.3 is 10.4 Å². The summed E-state index contributed by atoms with van der Waals surface area (Å²) in [4.78, 5) is 24.7. The number of nitrogens with zero attached hydrogens (tertiary/aromatic N) is 3. The van der Waals surface area contributed by atoms with E-state index in [0.717, 1.165) is 62.5 Å². The third kappa shape index (κ3) is 3.91. The van der Waals surface area contributed by atoms with Gasteiger partial charge in [-0.25, -0.2) is 18.1 Å². The molecule has 2 heterocycles. The summed E-state index contributed by atoms with van der Waals surface area (Å²) in [5.41, 5.74) is 1.86. The van der Waals surface area contributed by atoms with E-state index in [1.54, 1.807) is 24.4 Å². The molecule has 3 N–H and O–H groups in total. The number of aliphatic hydroxyl groups is 1. The highest BCUT2D eigenvalue weighted by molar-refractivity contribution is 7.89. The number of amides is 1. The van der Waals surface area contributed by atoms with Crippen LogP contribution in [0.5, 0.6) is 0 Å². The Bertz CT molecular complexity index is 1290. The molecule has 1 amide bonds. The second-order valence-corrected chi connectivity index (χ2v) is 12.2. The predicted molar refractivity (Wildman–Crippen MR) is 131 cm³/mol. The van der Waals surface area contributed by atoms with Crippen molar-refractivity contribution in [2.45, 2.75) is 93.2 Å². The SMILES string of the molecule is Cc1cc(S(=O)(=O)NC2CCC2)ccc1Nc1ncc2c(n1)N(C1CCC[C@@H](O)C1)C(=O)C21CC1. The Morgan fingerprint density at radius 2 is 1.91 bits per heavy atom. The van der Waals surface area contributed by atoms with Crippen molar-refractivity contribution < 1.29 is 18.3 Å². The minimum Gasteiger partial charge on any atom is -0.393 e. The van der Waals surface area contributed by atoms with Crippen LogP contribution in [0.15, 0.2) is 29.3 Å². The summed E-state index contributed by atoms with van der Waals surface area (Å²) in [6.07, 6.45) is 8.89. The maximum Gasteiger partial charge on any atom is 0.240 e. The number of aryl methyl sites for hydroxylation is 1. The number of aromatic nitrogens is 2. The van der Waals surface area contributed by atoms with E-state index in [0.29, 0.717) is 23.9 Å². The number of sulfonamides is 1. The first kappa shape index (κ1) is 22.9. The minimum atomic E-state index is -3.55. The van der Waals surface area contributed by atoms with Gasteiger partial charge in [-0.15, -0.1) is 0 Å². The molecule has 2 aromatic rings. The molecule has 0 radical (unpaired) electrons. The number of carbonyl (C=O) groups excluding carboxylic acids is 1. The lowest BCUT2D eigenvalue weighted by Crippen LogP contribution is -2.44. The molecule has 3 saturated carbocycles. The topological polar surface area (TPSA) is 125 Å². The molecular weight excluding hydrogens is 466 g/mol. The molecule has 0 saturated heterocycles. The Hall–Kier alpha value is -2.56. The summed E-state index contributed by atoms with van der Waals surface area (Å²) in [7, 11) is -3.55. The summed E-state index contributed by atoms with van der Waals surface area (Å²) < 4.78 is 28.1. The van der Waals surface area contributed by atoms with Gasteiger partial charge in [-0.05, 0) is 82.1 Å². The first-order chi connectivity index (χ1) is 16.8. The van der Waals surface area contributed by atoms with Crippen molar-refractivity contribution in [1.82, 2.24) is 14.7 Å². The third-order valence-corrected chi connectivity index (χ3v) is 9.57.